The first kappa shape index (κ1) is 14.2. The molecule has 0 aliphatic carbocycles. The Morgan fingerprint density at radius 1 is 1.42 bits per heavy atom. The molecule has 1 N–H and O–H groups in total. The van der Waals surface area contributed by atoms with Crippen molar-refractivity contribution in [2.45, 2.75) is 32.9 Å². The summed E-state index contributed by atoms with van der Waals surface area (Å²) in [6.07, 6.45) is 0.340. The predicted octanol–water partition coefficient (Wildman–Crippen LogP) is 2.86. The van der Waals surface area contributed by atoms with Gasteiger partial charge in [0, 0.05) is 28.1 Å². The van der Waals surface area contributed by atoms with Crippen molar-refractivity contribution in [1.29, 1.82) is 0 Å². The number of hydrogen-bond donors (Lipinski definition) is 1. The molecule has 0 bridgehead atoms. The Balaban J connectivity index is 2.41. The second-order valence-electron chi connectivity index (χ2n) is 5.14. The lowest BCUT2D eigenvalue weighted by atomic mass is 9.97. The zero-order valence-electron chi connectivity index (χ0n) is 11.2. The van der Waals surface area contributed by atoms with Crippen molar-refractivity contribution in [3.8, 4) is 0 Å². The van der Waals surface area contributed by atoms with E-state index in [0.29, 0.717) is 12.0 Å². The number of carbonyl (C=O) groups excluding carboxylic acids is 1. The third kappa shape index (κ3) is 2.58. The van der Waals surface area contributed by atoms with Crippen LogP contribution in [0.2, 0.25) is 0 Å². The van der Waals surface area contributed by atoms with Crippen LogP contribution in [0.4, 0.5) is 0 Å². The van der Waals surface area contributed by atoms with Crippen LogP contribution in [0.3, 0.4) is 0 Å². The zero-order valence-corrected chi connectivity index (χ0v) is 12.8. The zero-order chi connectivity index (χ0) is 14.2. The van der Waals surface area contributed by atoms with Crippen LogP contribution >= 0.6 is 15.9 Å². The molecule has 0 aromatic heterocycles. The summed E-state index contributed by atoms with van der Waals surface area (Å²) in [6, 6.07) is 7.30. The molecule has 0 spiro atoms. The molecule has 1 amide bonds. The summed E-state index contributed by atoms with van der Waals surface area (Å²) in [5.41, 5.74) is 0.0521. The number of nitrogens with zero attached hydrogens (tertiary/aromatic N) is 2. The van der Waals surface area contributed by atoms with Gasteiger partial charge in [-0.3, -0.25) is 4.79 Å². The summed E-state index contributed by atoms with van der Waals surface area (Å²) in [4.78, 5) is 12.2. The second-order valence-corrected chi connectivity index (χ2v) is 6.06. The van der Waals surface area contributed by atoms with Gasteiger partial charge >= 0.3 is 0 Å². The minimum atomic E-state index is -1.37. The Kier molecular flexibility index (Phi) is 3.78. The Hall–Kier alpha value is -1.20. The van der Waals surface area contributed by atoms with Crippen molar-refractivity contribution in [2.24, 2.45) is 11.0 Å². The summed E-state index contributed by atoms with van der Waals surface area (Å²) >= 11 is 3.36. The summed E-state index contributed by atoms with van der Waals surface area (Å²) in [5.74, 6) is -0.390. The monoisotopic (exact) mass is 324 g/mol. The molecular weight excluding hydrogens is 308 g/mol. The van der Waals surface area contributed by atoms with Crippen LogP contribution in [0.25, 0.3) is 0 Å². The number of hydrazone groups is 1. The van der Waals surface area contributed by atoms with E-state index < -0.39 is 5.72 Å². The Bertz CT molecular complexity index is 525. The Morgan fingerprint density at radius 2 is 2.00 bits per heavy atom. The van der Waals surface area contributed by atoms with Gasteiger partial charge in [-0.05, 0) is 19.1 Å². The Morgan fingerprint density at radius 3 is 2.53 bits per heavy atom. The van der Waals surface area contributed by atoms with Gasteiger partial charge in [-0.2, -0.15) is 10.1 Å². The highest BCUT2D eigenvalue weighted by atomic mass is 79.9. The summed E-state index contributed by atoms with van der Waals surface area (Å²) in [6.45, 7) is 5.42. The van der Waals surface area contributed by atoms with E-state index in [1.54, 1.807) is 26.0 Å². The second kappa shape index (κ2) is 5.06. The number of hydrogen-bond acceptors (Lipinski definition) is 3. The van der Waals surface area contributed by atoms with Gasteiger partial charge in [0.15, 0.2) is 5.72 Å². The first-order valence-electron chi connectivity index (χ1n) is 6.21. The summed E-state index contributed by atoms with van der Waals surface area (Å²) in [7, 11) is 0. The molecule has 19 heavy (non-hydrogen) atoms. The summed E-state index contributed by atoms with van der Waals surface area (Å²) < 4.78 is 0.928. The van der Waals surface area contributed by atoms with Crippen LogP contribution in [0.15, 0.2) is 33.8 Å². The molecule has 1 unspecified atom stereocenters. The minimum Gasteiger partial charge on any atom is -0.365 e. The average Bonchev–Trinajstić information content (AvgIpc) is 2.65. The van der Waals surface area contributed by atoms with Gasteiger partial charge in [0.2, 0.25) is 5.91 Å². The van der Waals surface area contributed by atoms with Crippen molar-refractivity contribution in [3.05, 3.63) is 34.3 Å². The molecule has 1 aliphatic rings. The number of halogens is 1. The summed E-state index contributed by atoms with van der Waals surface area (Å²) in [5, 5.41) is 16.3. The standard InChI is InChI=1S/C14H17BrN2O2/c1-9(2)13(18)17-14(19,8-10(3)16-17)11-4-6-12(15)7-5-11/h4-7,9,19H,8H2,1-3H3. The van der Waals surface area contributed by atoms with Crippen molar-refractivity contribution in [2.75, 3.05) is 0 Å². The van der Waals surface area contributed by atoms with Gasteiger partial charge in [0.05, 0.1) is 0 Å². The van der Waals surface area contributed by atoms with Crippen molar-refractivity contribution >= 4 is 27.5 Å². The molecule has 0 saturated heterocycles. The molecule has 1 aromatic rings. The minimum absolute atomic E-state index is 0.178. The molecular formula is C14H17BrN2O2. The molecule has 0 saturated carbocycles. The van der Waals surface area contributed by atoms with Gasteiger partial charge in [-0.1, -0.05) is 41.9 Å². The van der Waals surface area contributed by atoms with Crippen LogP contribution in [-0.2, 0) is 10.5 Å². The molecule has 1 aliphatic heterocycles. The molecule has 0 radical (unpaired) electrons. The van der Waals surface area contributed by atoms with Gasteiger partial charge in [-0.15, -0.1) is 0 Å². The topological polar surface area (TPSA) is 52.9 Å². The number of benzene rings is 1. The van der Waals surface area contributed by atoms with Crippen molar-refractivity contribution in [3.63, 3.8) is 0 Å². The highest BCUT2D eigenvalue weighted by molar-refractivity contribution is 9.10. The fraction of sp³-hybridized carbons (Fsp3) is 0.429. The molecule has 102 valence electrons. The van der Waals surface area contributed by atoms with E-state index in [9.17, 15) is 9.90 Å². The van der Waals surface area contributed by atoms with Crippen molar-refractivity contribution in [1.82, 2.24) is 5.01 Å². The van der Waals surface area contributed by atoms with Crippen LogP contribution < -0.4 is 0 Å². The third-order valence-electron chi connectivity index (χ3n) is 3.13. The quantitative estimate of drug-likeness (QED) is 0.909. The molecule has 0 fully saturated rings. The molecule has 1 aromatic carbocycles. The first-order valence-corrected chi connectivity index (χ1v) is 7.00. The van der Waals surface area contributed by atoms with Crippen LogP contribution in [0.1, 0.15) is 32.8 Å². The van der Waals surface area contributed by atoms with Crippen LogP contribution in [0.5, 0.6) is 0 Å². The number of aliphatic hydroxyl groups is 1. The van der Waals surface area contributed by atoms with E-state index >= 15 is 0 Å². The number of carbonyl (C=O) groups is 1. The fourth-order valence-electron chi connectivity index (χ4n) is 2.14. The van der Waals surface area contributed by atoms with Crippen molar-refractivity contribution < 1.29 is 9.90 Å². The Labute approximate surface area is 121 Å². The van der Waals surface area contributed by atoms with E-state index in [2.05, 4.69) is 21.0 Å². The van der Waals surface area contributed by atoms with E-state index in [0.717, 1.165) is 10.2 Å². The number of amides is 1. The first-order chi connectivity index (χ1) is 8.84. The fourth-order valence-corrected chi connectivity index (χ4v) is 2.40. The highest BCUT2D eigenvalue weighted by Crippen LogP contribution is 2.36. The smallest absolute Gasteiger partial charge is 0.248 e. The van der Waals surface area contributed by atoms with E-state index in [1.165, 1.54) is 5.01 Å². The lowest BCUT2D eigenvalue weighted by Gasteiger charge is -2.32. The van der Waals surface area contributed by atoms with Gasteiger partial charge in [0.1, 0.15) is 0 Å². The maximum atomic E-state index is 12.2. The van der Waals surface area contributed by atoms with Crippen LogP contribution in [-0.4, -0.2) is 21.7 Å². The maximum Gasteiger partial charge on any atom is 0.248 e. The molecule has 1 heterocycles. The maximum absolute atomic E-state index is 12.2. The van der Waals surface area contributed by atoms with Gasteiger partial charge in [0.25, 0.3) is 0 Å². The normalized spacial score (nSPS) is 22.8. The lowest BCUT2D eigenvalue weighted by molar-refractivity contribution is -0.161. The molecule has 2 rings (SSSR count). The predicted molar refractivity (Wildman–Crippen MR) is 77.4 cm³/mol. The highest BCUT2D eigenvalue weighted by Gasteiger charge is 2.45. The van der Waals surface area contributed by atoms with E-state index in [-0.39, 0.29) is 11.8 Å². The van der Waals surface area contributed by atoms with Gasteiger partial charge < -0.3 is 5.11 Å². The number of rotatable bonds is 2. The molecule has 1 atom stereocenters. The van der Waals surface area contributed by atoms with E-state index in [1.807, 2.05) is 19.1 Å². The molecule has 4 nitrogen and oxygen atoms in total. The SMILES string of the molecule is CC1=NN(C(=O)C(C)C)C(O)(c2ccc(Br)cc2)C1. The van der Waals surface area contributed by atoms with E-state index in [4.69, 9.17) is 0 Å². The lowest BCUT2D eigenvalue weighted by Crippen LogP contribution is -2.45. The molecule has 5 heteroatoms. The average molecular weight is 325 g/mol. The van der Waals surface area contributed by atoms with Gasteiger partial charge in [-0.25, -0.2) is 0 Å². The largest absolute Gasteiger partial charge is 0.365 e. The third-order valence-corrected chi connectivity index (χ3v) is 3.66. The van der Waals surface area contributed by atoms with Crippen LogP contribution in [0, 0.1) is 5.92 Å².